The minimum absolute atomic E-state index is 0.633. The molecule has 0 aromatic heterocycles. The van der Waals surface area contributed by atoms with Gasteiger partial charge in [-0.25, -0.2) is 0 Å². The second kappa shape index (κ2) is 4.56. The highest BCUT2D eigenvalue weighted by Gasteiger charge is 1.85. The lowest BCUT2D eigenvalue weighted by molar-refractivity contribution is 0.362. The fourth-order valence-electron chi connectivity index (χ4n) is 0.707. The van der Waals surface area contributed by atoms with Crippen molar-refractivity contribution in [2.75, 3.05) is 6.61 Å². The van der Waals surface area contributed by atoms with Crippen LogP contribution in [0.4, 0.5) is 0 Å². The molecule has 0 saturated carbocycles. The maximum Gasteiger partial charge on any atom is 0.120 e. The highest BCUT2D eigenvalue weighted by molar-refractivity contribution is 5.20. The Morgan fingerprint density at radius 3 is 3.18 bits per heavy atom. The van der Waals surface area contributed by atoms with Crippen LogP contribution in [0.1, 0.15) is 6.92 Å². The van der Waals surface area contributed by atoms with E-state index in [1.54, 1.807) is 0 Å². The molecule has 1 radical (unpaired) electrons. The Morgan fingerprint density at radius 1 is 1.64 bits per heavy atom. The fraction of sp³-hybridized carbons (Fsp3) is 0.200. The van der Waals surface area contributed by atoms with E-state index in [1.807, 2.05) is 43.3 Å². The molecular weight excluding hydrogens is 136 g/mol. The molecule has 1 nitrogen and oxygen atoms in total. The van der Waals surface area contributed by atoms with Gasteiger partial charge in [0.2, 0.25) is 0 Å². The molecule has 0 N–H and O–H groups in total. The number of hydrogen-bond acceptors (Lipinski definition) is 1. The topological polar surface area (TPSA) is 9.23 Å². The zero-order valence-electron chi connectivity index (χ0n) is 6.58. The summed E-state index contributed by atoms with van der Waals surface area (Å²) in [6.07, 6.45) is 3.93. The molecule has 0 spiro atoms. The first kappa shape index (κ1) is 7.86. The summed E-state index contributed by atoms with van der Waals surface area (Å²) in [6, 6.07) is 10.4. The van der Waals surface area contributed by atoms with Crippen LogP contribution in [-0.4, -0.2) is 6.61 Å². The normalized spacial score (nSPS) is 10.3. The molecule has 0 bridgehead atoms. The Morgan fingerprint density at radius 2 is 2.55 bits per heavy atom. The smallest absolute Gasteiger partial charge is 0.120 e. The van der Waals surface area contributed by atoms with Crippen LogP contribution < -0.4 is 4.74 Å². The van der Waals surface area contributed by atoms with Gasteiger partial charge in [-0.2, -0.15) is 0 Å². The van der Waals surface area contributed by atoms with E-state index in [9.17, 15) is 0 Å². The second-order valence-electron chi connectivity index (χ2n) is 2.12. The van der Waals surface area contributed by atoms with Gasteiger partial charge in [-0.15, -0.1) is 0 Å². The lowest BCUT2D eigenvalue weighted by Gasteiger charge is -2.00. The molecule has 1 aromatic rings. The highest BCUT2D eigenvalue weighted by atomic mass is 16.5. The number of benzene rings is 1. The molecule has 0 unspecified atom stereocenters. The van der Waals surface area contributed by atoms with Crippen LogP contribution in [-0.2, 0) is 0 Å². The van der Waals surface area contributed by atoms with Crippen LogP contribution in [0.5, 0.6) is 5.75 Å². The molecule has 0 aliphatic carbocycles. The first-order valence-corrected chi connectivity index (χ1v) is 3.63. The quantitative estimate of drug-likeness (QED) is 0.597. The van der Waals surface area contributed by atoms with E-state index in [-0.39, 0.29) is 0 Å². The maximum absolute atomic E-state index is 5.33. The summed E-state index contributed by atoms with van der Waals surface area (Å²) in [5.41, 5.74) is 0. The van der Waals surface area contributed by atoms with Gasteiger partial charge in [-0.05, 0) is 25.1 Å². The minimum atomic E-state index is 0.633. The largest absolute Gasteiger partial charge is 0.490 e. The van der Waals surface area contributed by atoms with Gasteiger partial charge < -0.3 is 4.74 Å². The lowest BCUT2D eigenvalue weighted by atomic mass is 10.3. The van der Waals surface area contributed by atoms with E-state index >= 15 is 0 Å². The Kier molecular flexibility index (Phi) is 3.26. The lowest BCUT2D eigenvalue weighted by Crippen LogP contribution is -1.91. The summed E-state index contributed by atoms with van der Waals surface area (Å²) in [6.45, 7) is 2.61. The van der Waals surface area contributed by atoms with E-state index < -0.39 is 0 Å². The van der Waals surface area contributed by atoms with Gasteiger partial charge >= 0.3 is 0 Å². The molecule has 57 valence electrons. The molecule has 0 fully saturated rings. The first-order chi connectivity index (χ1) is 5.43. The Balaban J connectivity index is 2.39. The SMILES string of the molecule is CC=CCOc1c[c]ccc1. The maximum atomic E-state index is 5.33. The first-order valence-electron chi connectivity index (χ1n) is 3.63. The third-order valence-corrected chi connectivity index (χ3v) is 1.26. The van der Waals surface area contributed by atoms with Gasteiger partial charge in [0.1, 0.15) is 12.4 Å². The third kappa shape index (κ3) is 2.89. The zero-order valence-corrected chi connectivity index (χ0v) is 6.58. The van der Waals surface area contributed by atoms with E-state index in [1.165, 1.54) is 0 Å². The summed E-state index contributed by atoms with van der Waals surface area (Å²) in [5, 5.41) is 0. The molecular formula is C10H11O. The Bertz CT molecular complexity index is 214. The van der Waals surface area contributed by atoms with E-state index in [2.05, 4.69) is 6.07 Å². The number of allylic oxidation sites excluding steroid dienone is 1. The van der Waals surface area contributed by atoms with Gasteiger partial charge in [-0.3, -0.25) is 0 Å². The molecule has 0 atom stereocenters. The van der Waals surface area contributed by atoms with Gasteiger partial charge in [0, 0.05) is 0 Å². The molecule has 1 heteroatoms. The zero-order chi connectivity index (χ0) is 7.94. The number of hydrogen-bond donors (Lipinski definition) is 0. The van der Waals surface area contributed by atoms with Crippen LogP contribution in [0.15, 0.2) is 36.4 Å². The van der Waals surface area contributed by atoms with E-state index in [0.717, 1.165) is 5.75 Å². The predicted octanol–water partition coefficient (Wildman–Crippen LogP) is 2.44. The summed E-state index contributed by atoms with van der Waals surface area (Å²) in [7, 11) is 0. The molecule has 0 heterocycles. The van der Waals surface area contributed by atoms with Crippen molar-refractivity contribution in [3.63, 3.8) is 0 Å². The van der Waals surface area contributed by atoms with Gasteiger partial charge in [0.05, 0.1) is 0 Å². The summed E-state index contributed by atoms with van der Waals surface area (Å²) in [4.78, 5) is 0. The van der Waals surface area contributed by atoms with Crippen molar-refractivity contribution in [3.8, 4) is 5.75 Å². The third-order valence-electron chi connectivity index (χ3n) is 1.26. The van der Waals surface area contributed by atoms with Gasteiger partial charge in [0.15, 0.2) is 0 Å². The van der Waals surface area contributed by atoms with Crippen molar-refractivity contribution in [3.05, 3.63) is 42.5 Å². The molecule has 1 aromatic carbocycles. The van der Waals surface area contributed by atoms with Crippen LogP contribution in [0.2, 0.25) is 0 Å². The van der Waals surface area contributed by atoms with Gasteiger partial charge in [0.25, 0.3) is 0 Å². The van der Waals surface area contributed by atoms with Crippen molar-refractivity contribution in [2.45, 2.75) is 6.92 Å². The molecule has 11 heavy (non-hydrogen) atoms. The monoisotopic (exact) mass is 147 g/mol. The van der Waals surface area contributed by atoms with Crippen LogP contribution in [0, 0.1) is 6.07 Å². The van der Waals surface area contributed by atoms with E-state index in [4.69, 9.17) is 4.74 Å². The van der Waals surface area contributed by atoms with Crippen molar-refractivity contribution in [1.82, 2.24) is 0 Å². The van der Waals surface area contributed by atoms with Crippen molar-refractivity contribution in [1.29, 1.82) is 0 Å². The molecule has 0 aliphatic heterocycles. The van der Waals surface area contributed by atoms with Crippen molar-refractivity contribution in [2.24, 2.45) is 0 Å². The van der Waals surface area contributed by atoms with Gasteiger partial charge in [-0.1, -0.05) is 24.3 Å². The standard InChI is InChI=1S/C10H11O/c1-2-3-9-11-10-7-5-4-6-8-10/h2-5,7-8H,9H2,1H3. The molecule has 0 aliphatic rings. The summed E-state index contributed by atoms with van der Waals surface area (Å²) < 4.78 is 5.33. The molecule has 0 amide bonds. The number of rotatable bonds is 3. The van der Waals surface area contributed by atoms with E-state index in [0.29, 0.717) is 6.61 Å². The minimum Gasteiger partial charge on any atom is -0.490 e. The van der Waals surface area contributed by atoms with Crippen LogP contribution >= 0.6 is 0 Å². The van der Waals surface area contributed by atoms with Crippen LogP contribution in [0.3, 0.4) is 0 Å². The second-order valence-corrected chi connectivity index (χ2v) is 2.12. The average molecular weight is 147 g/mol. The van der Waals surface area contributed by atoms with Crippen molar-refractivity contribution >= 4 is 0 Å². The Hall–Kier alpha value is -1.24. The summed E-state index contributed by atoms with van der Waals surface area (Å²) >= 11 is 0. The molecule has 1 rings (SSSR count). The predicted molar refractivity (Wildman–Crippen MR) is 45.6 cm³/mol. The average Bonchev–Trinajstić information content (AvgIpc) is 2.07. The fourth-order valence-corrected chi connectivity index (χ4v) is 0.707. The molecule has 0 saturated heterocycles. The Labute approximate surface area is 67.3 Å². The highest BCUT2D eigenvalue weighted by Crippen LogP contribution is 2.06. The number of ether oxygens (including phenoxy) is 1. The summed E-state index contributed by atoms with van der Waals surface area (Å²) in [5.74, 6) is 0.866. The van der Waals surface area contributed by atoms with Crippen LogP contribution in [0.25, 0.3) is 0 Å². The van der Waals surface area contributed by atoms with Crippen molar-refractivity contribution < 1.29 is 4.74 Å².